The Labute approximate surface area is 245 Å². The number of anilines is 2. The number of hydrogen-bond acceptors (Lipinski definition) is 7. The van der Waals surface area contributed by atoms with Crippen LogP contribution in [-0.4, -0.2) is 60.4 Å². The third-order valence-electron chi connectivity index (χ3n) is 7.56. The third kappa shape index (κ3) is 5.46. The standard InChI is InChI=1S/C30H30BrN7O3/c1-16(2)34-30-32-13-20(14-33-30)18-7-8-24-23(9-18)28(17(3)39)36-37(24)15-27(40)38-25-10-19(25)11-26(38)29(41)35-22-6-4-5-21(31)12-22/h4-9,12-14,16,19,25-26H,10-11,15H2,1-3H3,(H,35,41)(H,32,33,34)/t19-,25-,26+/m1/s1. The molecule has 6 rings (SSSR count). The fourth-order valence-corrected chi connectivity index (χ4v) is 6.00. The summed E-state index contributed by atoms with van der Waals surface area (Å²) in [7, 11) is 0. The Morgan fingerprint density at radius 1 is 1.05 bits per heavy atom. The quantitative estimate of drug-likeness (QED) is 0.270. The summed E-state index contributed by atoms with van der Waals surface area (Å²) in [5.74, 6) is 0.311. The summed E-state index contributed by atoms with van der Waals surface area (Å²) in [6, 6.07) is 12.8. The van der Waals surface area contributed by atoms with Crippen molar-refractivity contribution in [3.8, 4) is 11.1 Å². The van der Waals surface area contributed by atoms with Crippen molar-refractivity contribution in [2.24, 2.45) is 5.92 Å². The first-order chi connectivity index (χ1) is 19.7. The number of fused-ring (bicyclic) bond motifs is 2. The van der Waals surface area contributed by atoms with Gasteiger partial charge in [-0.15, -0.1) is 0 Å². The maximum atomic E-state index is 13.7. The highest BCUT2D eigenvalue weighted by atomic mass is 79.9. The smallest absolute Gasteiger partial charge is 0.247 e. The van der Waals surface area contributed by atoms with E-state index in [0.29, 0.717) is 40.6 Å². The van der Waals surface area contributed by atoms with Crippen molar-refractivity contribution in [1.29, 1.82) is 0 Å². The largest absolute Gasteiger partial charge is 0.352 e. The molecule has 3 atom stereocenters. The lowest BCUT2D eigenvalue weighted by Crippen LogP contribution is -2.46. The molecule has 2 aromatic carbocycles. The van der Waals surface area contributed by atoms with Crippen molar-refractivity contribution in [2.75, 3.05) is 10.6 Å². The molecule has 1 saturated heterocycles. The molecule has 0 spiro atoms. The van der Waals surface area contributed by atoms with E-state index in [9.17, 15) is 14.4 Å². The summed E-state index contributed by atoms with van der Waals surface area (Å²) in [6.45, 7) is 5.43. The number of benzene rings is 2. The van der Waals surface area contributed by atoms with E-state index in [-0.39, 0.29) is 36.2 Å². The van der Waals surface area contributed by atoms with Gasteiger partial charge < -0.3 is 15.5 Å². The lowest BCUT2D eigenvalue weighted by atomic mass is 10.0. The minimum absolute atomic E-state index is 0.0638. The van der Waals surface area contributed by atoms with Gasteiger partial charge in [0.25, 0.3) is 0 Å². The minimum atomic E-state index is -0.543. The number of nitrogens with one attached hydrogen (secondary N) is 2. The predicted molar refractivity (Wildman–Crippen MR) is 159 cm³/mol. The van der Waals surface area contributed by atoms with Crippen LogP contribution in [0.5, 0.6) is 0 Å². The maximum Gasteiger partial charge on any atom is 0.247 e. The summed E-state index contributed by atoms with van der Waals surface area (Å²) >= 11 is 3.43. The van der Waals surface area contributed by atoms with Gasteiger partial charge in [-0.1, -0.05) is 28.1 Å². The molecule has 11 heteroatoms. The van der Waals surface area contributed by atoms with Gasteiger partial charge in [-0.3, -0.25) is 19.1 Å². The molecule has 4 aromatic rings. The van der Waals surface area contributed by atoms with Crippen LogP contribution >= 0.6 is 15.9 Å². The highest BCUT2D eigenvalue weighted by Gasteiger charge is 2.56. The monoisotopic (exact) mass is 615 g/mol. The van der Waals surface area contributed by atoms with Crippen LogP contribution in [0.4, 0.5) is 11.6 Å². The number of nitrogens with zero attached hydrogens (tertiary/aromatic N) is 5. The Bertz CT molecular complexity index is 1670. The molecule has 1 saturated carbocycles. The molecular formula is C30H30BrN7O3. The number of carbonyl (C=O) groups excluding carboxylic acids is 3. The van der Waals surface area contributed by atoms with Gasteiger partial charge in [-0.2, -0.15) is 5.10 Å². The van der Waals surface area contributed by atoms with Gasteiger partial charge in [-0.25, -0.2) is 9.97 Å². The van der Waals surface area contributed by atoms with Gasteiger partial charge in [0, 0.05) is 52.5 Å². The van der Waals surface area contributed by atoms with Crippen molar-refractivity contribution >= 4 is 56.1 Å². The molecule has 3 heterocycles. The van der Waals surface area contributed by atoms with Crippen LogP contribution in [0.3, 0.4) is 0 Å². The Balaban J connectivity index is 1.24. The van der Waals surface area contributed by atoms with E-state index in [4.69, 9.17) is 0 Å². The number of Topliss-reactive ketones (excluding diaryl/α,β-unsaturated/α-hetero) is 1. The van der Waals surface area contributed by atoms with E-state index in [2.05, 4.69) is 41.6 Å². The van der Waals surface area contributed by atoms with Crippen LogP contribution in [0.25, 0.3) is 22.0 Å². The number of amides is 2. The number of piperidine rings is 1. The SMILES string of the molecule is CC(=O)c1nn(CC(=O)N2[C@@H]3C[C@@H]3C[C@H]2C(=O)Nc2cccc(Br)c2)c2ccc(-c3cnc(NC(C)C)nc3)cc12. The normalized spacial score (nSPS) is 19.3. The molecule has 2 aliphatic rings. The molecular weight excluding hydrogens is 586 g/mol. The van der Waals surface area contributed by atoms with E-state index in [1.165, 1.54) is 6.92 Å². The number of rotatable bonds is 8. The molecule has 41 heavy (non-hydrogen) atoms. The van der Waals surface area contributed by atoms with Crippen molar-refractivity contribution in [2.45, 2.75) is 58.3 Å². The Kier molecular flexibility index (Phi) is 7.06. The van der Waals surface area contributed by atoms with Gasteiger partial charge >= 0.3 is 0 Å². The number of aromatic nitrogens is 4. The number of ketones is 1. The number of likely N-dealkylation sites (tertiary alicyclic amines) is 1. The molecule has 210 valence electrons. The van der Waals surface area contributed by atoms with Crippen LogP contribution in [0.15, 0.2) is 59.3 Å². The lowest BCUT2D eigenvalue weighted by molar-refractivity contribution is -0.138. The van der Waals surface area contributed by atoms with E-state index in [1.807, 2.05) is 56.3 Å². The third-order valence-corrected chi connectivity index (χ3v) is 8.05. The maximum absolute atomic E-state index is 13.7. The average molecular weight is 617 g/mol. The zero-order chi connectivity index (χ0) is 28.8. The van der Waals surface area contributed by atoms with E-state index >= 15 is 0 Å². The summed E-state index contributed by atoms with van der Waals surface area (Å²) in [5.41, 5.74) is 3.28. The number of halogens is 1. The summed E-state index contributed by atoms with van der Waals surface area (Å²) in [5, 5.41) is 11.3. The first-order valence-corrected chi connectivity index (χ1v) is 14.5. The molecule has 2 aromatic heterocycles. The molecule has 2 fully saturated rings. The zero-order valence-electron chi connectivity index (χ0n) is 23.0. The summed E-state index contributed by atoms with van der Waals surface area (Å²) < 4.78 is 2.43. The Morgan fingerprint density at radius 3 is 2.54 bits per heavy atom. The highest BCUT2D eigenvalue weighted by Crippen LogP contribution is 2.48. The van der Waals surface area contributed by atoms with Crippen LogP contribution in [-0.2, 0) is 16.1 Å². The van der Waals surface area contributed by atoms with Crippen molar-refractivity contribution in [3.05, 3.63) is 65.0 Å². The molecule has 0 unspecified atom stereocenters. The first kappa shape index (κ1) is 27.1. The lowest BCUT2D eigenvalue weighted by Gasteiger charge is -2.27. The van der Waals surface area contributed by atoms with Crippen LogP contribution in [0.1, 0.15) is 44.1 Å². The molecule has 0 bridgehead atoms. The Morgan fingerprint density at radius 2 is 1.83 bits per heavy atom. The topological polar surface area (TPSA) is 122 Å². The highest BCUT2D eigenvalue weighted by molar-refractivity contribution is 9.10. The molecule has 10 nitrogen and oxygen atoms in total. The van der Waals surface area contributed by atoms with Gasteiger partial charge in [0.2, 0.25) is 17.8 Å². The van der Waals surface area contributed by atoms with Crippen molar-refractivity contribution in [1.82, 2.24) is 24.6 Å². The molecule has 2 N–H and O–H groups in total. The number of hydrogen-bond donors (Lipinski definition) is 2. The fraction of sp³-hybridized carbons (Fsp3) is 0.333. The summed E-state index contributed by atoms with van der Waals surface area (Å²) in [6.07, 6.45) is 5.02. The molecule has 2 amide bonds. The van der Waals surface area contributed by atoms with Gasteiger partial charge in [0.05, 0.1) is 5.52 Å². The second kappa shape index (κ2) is 10.7. The fourth-order valence-electron chi connectivity index (χ4n) is 5.60. The van der Waals surface area contributed by atoms with Gasteiger partial charge in [-0.05, 0) is 68.5 Å². The molecule has 0 radical (unpaired) electrons. The predicted octanol–water partition coefficient (Wildman–Crippen LogP) is 4.91. The average Bonchev–Trinajstić information content (AvgIpc) is 3.44. The van der Waals surface area contributed by atoms with E-state index in [1.54, 1.807) is 22.0 Å². The van der Waals surface area contributed by atoms with Crippen LogP contribution in [0.2, 0.25) is 0 Å². The zero-order valence-corrected chi connectivity index (χ0v) is 24.6. The minimum Gasteiger partial charge on any atom is -0.352 e. The van der Waals surface area contributed by atoms with Crippen LogP contribution in [0, 0.1) is 5.92 Å². The van der Waals surface area contributed by atoms with Crippen molar-refractivity contribution in [3.63, 3.8) is 0 Å². The first-order valence-electron chi connectivity index (χ1n) is 13.7. The van der Waals surface area contributed by atoms with Crippen molar-refractivity contribution < 1.29 is 14.4 Å². The second-order valence-corrected chi connectivity index (χ2v) is 11.9. The van der Waals surface area contributed by atoms with Gasteiger partial charge in [0.15, 0.2) is 5.78 Å². The van der Waals surface area contributed by atoms with Gasteiger partial charge in [0.1, 0.15) is 18.3 Å². The molecule has 1 aliphatic heterocycles. The van der Waals surface area contributed by atoms with E-state index < -0.39 is 6.04 Å². The Hall–Kier alpha value is -4.12. The van der Waals surface area contributed by atoms with E-state index in [0.717, 1.165) is 22.0 Å². The van der Waals surface area contributed by atoms with Crippen LogP contribution < -0.4 is 10.6 Å². The molecule has 1 aliphatic carbocycles. The number of carbonyl (C=O) groups is 3. The summed E-state index contributed by atoms with van der Waals surface area (Å²) in [4.78, 5) is 49.9. The second-order valence-electron chi connectivity index (χ2n) is 11.0.